The average molecular weight is 234 g/mol. The van der Waals surface area contributed by atoms with Gasteiger partial charge in [-0.15, -0.1) is 0 Å². The highest BCUT2D eigenvalue weighted by Crippen LogP contribution is 2.22. The van der Waals surface area contributed by atoms with Crippen LogP contribution in [0, 0.1) is 5.92 Å². The Morgan fingerprint density at radius 1 is 1.24 bits per heavy atom. The number of primary amides is 1. The van der Waals surface area contributed by atoms with E-state index < -0.39 is 0 Å². The molecule has 0 saturated carbocycles. The van der Waals surface area contributed by atoms with Gasteiger partial charge in [-0.3, -0.25) is 4.79 Å². The lowest BCUT2D eigenvalue weighted by molar-refractivity contribution is -0.118. The van der Waals surface area contributed by atoms with Crippen LogP contribution in [0.15, 0.2) is 30.3 Å². The number of rotatable bonds is 6. The highest BCUT2D eigenvalue weighted by atomic mass is 16.1. The van der Waals surface area contributed by atoms with E-state index in [1.54, 1.807) is 0 Å². The second-order valence-corrected chi connectivity index (χ2v) is 4.87. The smallest absolute Gasteiger partial charge is 0.218 e. The maximum absolute atomic E-state index is 10.9. The number of hydrogen-bond donors (Lipinski definition) is 2. The molecular weight excluding hydrogens is 212 g/mol. The van der Waals surface area contributed by atoms with E-state index in [1.165, 1.54) is 5.56 Å². The summed E-state index contributed by atoms with van der Waals surface area (Å²) >= 11 is 0. The minimum absolute atomic E-state index is 0.0973. The summed E-state index contributed by atoms with van der Waals surface area (Å²) in [6.45, 7) is 6.33. The van der Waals surface area contributed by atoms with Gasteiger partial charge in [-0.25, -0.2) is 0 Å². The van der Waals surface area contributed by atoms with Crippen LogP contribution >= 0.6 is 0 Å². The zero-order chi connectivity index (χ0) is 12.8. The third-order valence-electron chi connectivity index (χ3n) is 2.80. The van der Waals surface area contributed by atoms with Crippen LogP contribution in [0.1, 0.15) is 38.8 Å². The molecule has 0 aliphatic rings. The van der Waals surface area contributed by atoms with Crippen molar-refractivity contribution in [3.05, 3.63) is 35.9 Å². The van der Waals surface area contributed by atoms with Gasteiger partial charge in [0.1, 0.15) is 0 Å². The topological polar surface area (TPSA) is 55.1 Å². The van der Waals surface area contributed by atoms with Crippen molar-refractivity contribution in [2.45, 2.75) is 39.3 Å². The fraction of sp³-hybridized carbons (Fsp3) is 0.500. The Bertz CT molecular complexity index is 348. The van der Waals surface area contributed by atoms with Crippen molar-refractivity contribution < 1.29 is 4.79 Å². The molecule has 1 rings (SSSR count). The van der Waals surface area contributed by atoms with E-state index in [2.05, 4.69) is 31.3 Å². The van der Waals surface area contributed by atoms with E-state index in [4.69, 9.17) is 5.73 Å². The maximum atomic E-state index is 10.9. The summed E-state index contributed by atoms with van der Waals surface area (Å²) in [6, 6.07) is 10.6. The van der Waals surface area contributed by atoms with Crippen LogP contribution in [0.25, 0.3) is 0 Å². The number of carbonyl (C=O) groups is 1. The summed E-state index contributed by atoms with van der Waals surface area (Å²) in [5.41, 5.74) is 6.45. The minimum Gasteiger partial charge on any atom is -0.370 e. The van der Waals surface area contributed by atoms with Gasteiger partial charge < -0.3 is 11.1 Å². The Morgan fingerprint density at radius 2 is 1.82 bits per heavy atom. The molecule has 0 aromatic heterocycles. The molecule has 0 heterocycles. The predicted molar refractivity (Wildman–Crippen MR) is 70.4 cm³/mol. The second-order valence-electron chi connectivity index (χ2n) is 4.87. The highest BCUT2D eigenvalue weighted by Gasteiger charge is 2.18. The van der Waals surface area contributed by atoms with Crippen LogP contribution in [0.2, 0.25) is 0 Å². The van der Waals surface area contributed by atoms with Crippen molar-refractivity contribution in [1.82, 2.24) is 5.32 Å². The van der Waals surface area contributed by atoms with Crippen LogP contribution in [0.5, 0.6) is 0 Å². The third-order valence-corrected chi connectivity index (χ3v) is 2.80. The zero-order valence-corrected chi connectivity index (χ0v) is 10.8. The lowest BCUT2D eigenvalue weighted by atomic mass is 9.95. The molecule has 0 fully saturated rings. The van der Waals surface area contributed by atoms with Crippen LogP contribution in [-0.2, 0) is 4.79 Å². The van der Waals surface area contributed by atoms with Gasteiger partial charge >= 0.3 is 0 Å². The molecule has 0 unspecified atom stereocenters. The molecule has 0 bridgehead atoms. The van der Waals surface area contributed by atoms with Gasteiger partial charge in [-0.1, -0.05) is 44.2 Å². The van der Waals surface area contributed by atoms with Crippen molar-refractivity contribution >= 4 is 5.91 Å². The van der Waals surface area contributed by atoms with Crippen LogP contribution in [0.3, 0.4) is 0 Å². The Hall–Kier alpha value is -1.35. The maximum Gasteiger partial charge on any atom is 0.218 e. The quantitative estimate of drug-likeness (QED) is 0.793. The largest absolute Gasteiger partial charge is 0.370 e. The summed E-state index contributed by atoms with van der Waals surface area (Å²) in [5, 5.41) is 3.46. The van der Waals surface area contributed by atoms with Gasteiger partial charge in [0.2, 0.25) is 5.91 Å². The average Bonchev–Trinajstić information content (AvgIpc) is 2.25. The van der Waals surface area contributed by atoms with Crippen molar-refractivity contribution in [2.24, 2.45) is 11.7 Å². The SMILES string of the molecule is CC(C)[C@H](N[C@H](C)CC(N)=O)c1ccccc1. The first kappa shape index (κ1) is 13.7. The number of benzene rings is 1. The zero-order valence-electron chi connectivity index (χ0n) is 10.8. The molecule has 0 aliphatic heterocycles. The summed E-state index contributed by atoms with van der Waals surface area (Å²) in [4.78, 5) is 10.9. The minimum atomic E-state index is -0.263. The first-order chi connectivity index (χ1) is 8.00. The van der Waals surface area contributed by atoms with Gasteiger partial charge in [0, 0.05) is 18.5 Å². The van der Waals surface area contributed by atoms with Gasteiger partial charge in [0.25, 0.3) is 0 Å². The molecule has 0 saturated heterocycles. The monoisotopic (exact) mass is 234 g/mol. The summed E-state index contributed by atoms with van der Waals surface area (Å²) in [7, 11) is 0. The number of nitrogens with two attached hydrogens (primary N) is 1. The predicted octanol–water partition coefficient (Wildman–Crippen LogP) is 2.24. The van der Waals surface area contributed by atoms with Gasteiger partial charge in [0.05, 0.1) is 0 Å². The van der Waals surface area contributed by atoms with E-state index in [0.717, 1.165) is 0 Å². The van der Waals surface area contributed by atoms with Crippen molar-refractivity contribution in [3.8, 4) is 0 Å². The van der Waals surface area contributed by atoms with E-state index in [1.807, 2.05) is 25.1 Å². The fourth-order valence-electron chi connectivity index (χ4n) is 2.00. The Labute approximate surface area is 103 Å². The van der Waals surface area contributed by atoms with E-state index >= 15 is 0 Å². The molecule has 0 radical (unpaired) electrons. The molecule has 3 N–H and O–H groups in total. The molecule has 0 spiro atoms. The molecule has 1 aromatic carbocycles. The lowest BCUT2D eigenvalue weighted by Crippen LogP contribution is -2.36. The standard InChI is InChI=1S/C14H22N2O/c1-10(2)14(12-7-5-4-6-8-12)16-11(3)9-13(15)17/h4-8,10-11,14,16H,9H2,1-3H3,(H2,15,17)/t11-,14+/m1/s1. The van der Waals surface area contributed by atoms with Crippen LogP contribution < -0.4 is 11.1 Å². The summed E-state index contributed by atoms with van der Waals surface area (Å²) < 4.78 is 0. The first-order valence-electron chi connectivity index (χ1n) is 6.10. The van der Waals surface area contributed by atoms with E-state index in [9.17, 15) is 4.79 Å². The summed E-state index contributed by atoms with van der Waals surface area (Å²) in [5.74, 6) is 0.202. The normalized spacial score (nSPS) is 14.6. The highest BCUT2D eigenvalue weighted by molar-refractivity contribution is 5.74. The Balaban J connectivity index is 2.71. The number of carbonyl (C=O) groups excluding carboxylic acids is 1. The second kappa shape index (κ2) is 6.40. The third kappa shape index (κ3) is 4.57. The van der Waals surface area contributed by atoms with Gasteiger partial charge in [0.15, 0.2) is 0 Å². The van der Waals surface area contributed by atoms with Gasteiger partial charge in [-0.2, -0.15) is 0 Å². The molecule has 17 heavy (non-hydrogen) atoms. The molecule has 2 atom stereocenters. The van der Waals surface area contributed by atoms with E-state index in [-0.39, 0.29) is 18.0 Å². The van der Waals surface area contributed by atoms with Crippen molar-refractivity contribution in [3.63, 3.8) is 0 Å². The van der Waals surface area contributed by atoms with Gasteiger partial charge in [-0.05, 0) is 18.4 Å². The molecule has 0 aliphatic carbocycles. The van der Waals surface area contributed by atoms with E-state index in [0.29, 0.717) is 12.3 Å². The molecule has 94 valence electrons. The lowest BCUT2D eigenvalue weighted by Gasteiger charge is -2.26. The number of hydrogen-bond acceptors (Lipinski definition) is 2. The number of nitrogens with one attached hydrogen (secondary N) is 1. The Morgan fingerprint density at radius 3 is 2.29 bits per heavy atom. The molecule has 3 heteroatoms. The van der Waals surface area contributed by atoms with Crippen LogP contribution in [-0.4, -0.2) is 11.9 Å². The first-order valence-corrected chi connectivity index (χ1v) is 6.10. The molecule has 3 nitrogen and oxygen atoms in total. The summed E-state index contributed by atoms with van der Waals surface area (Å²) in [6.07, 6.45) is 0.371. The van der Waals surface area contributed by atoms with Crippen molar-refractivity contribution in [1.29, 1.82) is 0 Å². The van der Waals surface area contributed by atoms with Crippen molar-refractivity contribution in [2.75, 3.05) is 0 Å². The molecule has 1 amide bonds. The number of amides is 1. The molecular formula is C14H22N2O. The molecule has 1 aromatic rings. The Kier molecular flexibility index (Phi) is 5.16. The van der Waals surface area contributed by atoms with Crippen LogP contribution in [0.4, 0.5) is 0 Å². The fourth-order valence-corrected chi connectivity index (χ4v) is 2.00.